The van der Waals surface area contributed by atoms with E-state index in [0.717, 1.165) is 11.1 Å². The Morgan fingerprint density at radius 3 is 1.43 bits per heavy atom. The van der Waals surface area contributed by atoms with Gasteiger partial charge in [0.05, 0.1) is 35.8 Å². The molecule has 2 N–H and O–H groups in total. The highest BCUT2D eigenvalue weighted by Crippen LogP contribution is 2.37. The topological polar surface area (TPSA) is 132 Å². The smallest absolute Gasteiger partial charge is 0.220 e. The summed E-state index contributed by atoms with van der Waals surface area (Å²) in [6.07, 6.45) is -4.67. The van der Waals surface area contributed by atoms with E-state index in [4.69, 9.17) is 63.2 Å². The maximum absolute atomic E-state index is 13.1. The molecule has 2 aromatic rings. The largest absolute Gasteiger partial charge is 0.354 e. The monoisotopic (exact) mass is 676 g/mol. The summed E-state index contributed by atoms with van der Waals surface area (Å²) in [5.74, 6) is -0.724. The standard InChI is InChI=1S/C32H40N2O10S2/c1-37-31-23(27(45)25-19(41-31)15-39-29(43-25)17-9-5-3-6-10-17)33-21(35)13-14-22(36)34-24-28(46)26-20(42-32(24)38-2)16-40-30(44-26)18-11-7-4-8-12-18/h3-12,19-20,23-32,45-46H,13-16H2,1-2H3,(H,33,35)(H,34,36)/t19-,20+,23-,24+,25-,26+,27+,28-,29?,30?,31-,32+. The van der Waals surface area contributed by atoms with Gasteiger partial charge in [0.2, 0.25) is 11.8 Å². The van der Waals surface area contributed by atoms with Crippen LogP contribution in [0, 0.1) is 0 Å². The van der Waals surface area contributed by atoms with Crippen LogP contribution in [-0.2, 0) is 47.5 Å². The molecule has 2 amide bonds. The van der Waals surface area contributed by atoms with Gasteiger partial charge in [-0.2, -0.15) is 25.3 Å². The zero-order valence-corrected chi connectivity index (χ0v) is 27.3. The second-order valence-electron chi connectivity index (χ2n) is 11.6. The predicted octanol–water partition coefficient (Wildman–Crippen LogP) is 2.30. The average Bonchev–Trinajstić information content (AvgIpc) is 3.10. The van der Waals surface area contributed by atoms with E-state index < -0.39 is 72.2 Å². The van der Waals surface area contributed by atoms with Crippen molar-refractivity contribution in [3.63, 3.8) is 0 Å². The highest BCUT2D eigenvalue weighted by Gasteiger charge is 2.50. The van der Waals surface area contributed by atoms with E-state index in [1.165, 1.54) is 14.2 Å². The molecule has 0 bridgehead atoms. The summed E-state index contributed by atoms with van der Waals surface area (Å²) < 4.78 is 47.5. The first-order valence-corrected chi connectivity index (χ1v) is 16.3. The highest BCUT2D eigenvalue weighted by atomic mass is 32.1. The molecule has 0 aromatic heterocycles. The maximum Gasteiger partial charge on any atom is 0.220 e. The number of benzene rings is 2. The molecule has 4 aliphatic heterocycles. The van der Waals surface area contributed by atoms with Crippen molar-refractivity contribution in [1.82, 2.24) is 10.6 Å². The van der Waals surface area contributed by atoms with E-state index in [0.29, 0.717) is 0 Å². The van der Waals surface area contributed by atoms with E-state index in [1.807, 2.05) is 60.7 Å². The lowest BCUT2D eigenvalue weighted by Crippen LogP contribution is -2.65. The van der Waals surface area contributed by atoms with E-state index in [-0.39, 0.29) is 37.9 Å². The number of carbonyl (C=O) groups excluding carboxylic acids is 2. The van der Waals surface area contributed by atoms with Crippen LogP contribution in [0.5, 0.6) is 0 Å². The van der Waals surface area contributed by atoms with Crippen LogP contribution in [0.1, 0.15) is 36.5 Å². The van der Waals surface area contributed by atoms with Crippen molar-refractivity contribution in [2.45, 2.75) is 85.0 Å². The molecule has 250 valence electrons. The van der Waals surface area contributed by atoms with Crippen molar-refractivity contribution in [3.05, 3.63) is 71.8 Å². The number of hydrogen-bond acceptors (Lipinski definition) is 12. The lowest BCUT2D eigenvalue weighted by Gasteiger charge is -2.48. The molecule has 4 saturated heterocycles. The molecule has 0 spiro atoms. The lowest BCUT2D eigenvalue weighted by atomic mass is 9.97. The Bertz CT molecular complexity index is 1210. The molecule has 4 aliphatic rings. The van der Waals surface area contributed by atoms with Crippen molar-refractivity contribution in [2.75, 3.05) is 27.4 Å². The molecule has 14 heteroatoms. The van der Waals surface area contributed by atoms with E-state index in [1.54, 1.807) is 0 Å². The average molecular weight is 677 g/mol. The second kappa shape index (κ2) is 15.3. The molecule has 0 saturated carbocycles. The SMILES string of the molecule is CO[C@H]1O[C@H]2COC(c3ccccc3)O[C@@H]2[C@H](S)[C@@H]1NC(=O)CCC(=O)N[C@H]1[C@H](OC)O[C@@H]2COC(c3ccccc3)O[C@H]2[C@H]1S. The minimum Gasteiger partial charge on any atom is -0.354 e. The third-order valence-corrected chi connectivity index (χ3v) is 9.80. The number of thiol groups is 2. The molecule has 0 aliphatic carbocycles. The van der Waals surface area contributed by atoms with Gasteiger partial charge in [-0.1, -0.05) is 60.7 Å². The Kier molecular flexibility index (Phi) is 11.2. The van der Waals surface area contributed by atoms with Gasteiger partial charge in [0, 0.05) is 38.2 Å². The fourth-order valence-corrected chi connectivity index (χ4v) is 7.15. The van der Waals surface area contributed by atoms with Gasteiger partial charge in [-0.3, -0.25) is 9.59 Å². The van der Waals surface area contributed by atoms with Gasteiger partial charge in [0.1, 0.15) is 24.4 Å². The van der Waals surface area contributed by atoms with Gasteiger partial charge in [-0.25, -0.2) is 0 Å². The molecule has 2 aromatic carbocycles. The summed E-state index contributed by atoms with van der Waals surface area (Å²) >= 11 is 9.64. The first-order valence-electron chi connectivity index (χ1n) is 15.3. The van der Waals surface area contributed by atoms with Crippen molar-refractivity contribution < 1.29 is 47.5 Å². The quantitative estimate of drug-likeness (QED) is 0.294. The highest BCUT2D eigenvalue weighted by molar-refractivity contribution is 7.81. The number of ether oxygens (including phenoxy) is 8. The predicted molar refractivity (Wildman–Crippen MR) is 170 cm³/mol. The number of rotatable bonds is 9. The second-order valence-corrected chi connectivity index (χ2v) is 12.8. The van der Waals surface area contributed by atoms with E-state index >= 15 is 0 Å². The van der Waals surface area contributed by atoms with Crippen LogP contribution in [-0.4, -0.2) is 98.8 Å². The van der Waals surface area contributed by atoms with Crippen LogP contribution in [0.2, 0.25) is 0 Å². The van der Waals surface area contributed by atoms with E-state index in [2.05, 4.69) is 10.6 Å². The van der Waals surface area contributed by atoms with Crippen LogP contribution >= 0.6 is 25.3 Å². The summed E-state index contributed by atoms with van der Waals surface area (Å²) in [7, 11) is 2.99. The van der Waals surface area contributed by atoms with Crippen LogP contribution in [0.25, 0.3) is 0 Å². The van der Waals surface area contributed by atoms with Gasteiger partial charge >= 0.3 is 0 Å². The Hall–Kier alpha value is -2.24. The van der Waals surface area contributed by atoms with Crippen molar-refractivity contribution in [1.29, 1.82) is 0 Å². The molecule has 4 fully saturated rings. The molecule has 4 heterocycles. The summed E-state index contributed by atoms with van der Waals surface area (Å²) in [5.41, 5.74) is 1.75. The molecule has 2 unspecified atom stereocenters. The molecular weight excluding hydrogens is 636 g/mol. The zero-order valence-electron chi connectivity index (χ0n) is 25.5. The van der Waals surface area contributed by atoms with Crippen molar-refractivity contribution in [3.8, 4) is 0 Å². The van der Waals surface area contributed by atoms with Gasteiger partial charge in [0.25, 0.3) is 0 Å². The molecule has 12 nitrogen and oxygen atoms in total. The fraction of sp³-hybridized carbons (Fsp3) is 0.562. The summed E-state index contributed by atoms with van der Waals surface area (Å²) in [5, 5.41) is 4.95. The van der Waals surface area contributed by atoms with Crippen LogP contribution in [0.15, 0.2) is 60.7 Å². The maximum atomic E-state index is 13.1. The first kappa shape index (κ1) is 33.7. The third kappa shape index (κ3) is 7.41. The minimum atomic E-state index is -0.777. The number of methoxy groups -OCH3 is 2. The number of amides is 2. The summed E-state index contributed by atoms with van der Waals surface area (Å²) in [4.78, 5) is 26.2. The Labute approximate surface area is 278 Å². The minimum absolute atomic E-state index is 0.0844. The van der Waals surface area contributed by atoms with Gasteiger partial charge in [-0.15, -0.1) is 0 Å². The van der Waals surface area contributed by atoms with Crippen LogP contribution < -0.4 is 10.6 Å². The molecule has 0 radical (unpaired) electrons. The van der Waals surface area contributed by atoms with E-state index in [9.17, 15) is 9.59 Å². The zero-order chi connectivity index (χ0) is 32.2. The summed E-state index contributed by atoms with van der Waals surface area (Å²) in [6.45, 7) is 0.572. The fourth-order valence-electron chi connectivity index (χ4n) is 6.20. The van der Waals surface area contributed by atoms with Crippen molar-refractivity contribution in [2.24, 2.45) is 0 Å². The first-order chi connectivity index (χ1) is 22.4. The number of nitrogens with one attached hydrogen (secondary N) is 2. The Morgan fingerprint density at radius 2 is 1.07 bits per heavy atom. The molecule has 46 heavy (non-hydrogen) atoms. The number of hydrogen-bond donors (Lipinski definition) is 4. The van der Waals surface area contributed by atoms with Crippen LogP contribution in [0.3, 0.4) is 0 Å². The molecule has 12 atom stereocenters. The molecule has 6 rings (SSSR count). The Balaban J connectivity index is 1.03. The normalized spacial score (nSPS) is 37.4. The van der Waals surface area contributed by atoms with Gasteiger partial charge in [-0.05, 0) is 0 Å². The third-order valence-electron chi connectivity index (χ3n) is 8.57. The number of carbonyl (C=O) groups is 2. The van der Waals surface area contributed by atoms with Crippen LogP contribution in [0.4, 0.5) is 0 Å². The number of fused-ring (bicyclic) bond motifs is 2. The Morgan fingerprint density at radius 1 is 0.674 bits per heavy atom. The molecular formula is C32H40N2O10S2. The van der Waals surface area contributed by atoms with Crippen molar-refractivity contribution >= 4 is 37.1 Å². The lowest BCUT2D eigenvalue weighted by molar-refractivity contribution is -0.316. The summed E-state index contributed by atoms with van der Waals surface area (Å²) in [6, 6.07) is 17.9. The van der Waals surface area contributed by atoms with Gasteiger partial charge < -0.3 is 48.5 Å². The van der Waals surface area contributed by atoms with Gasteiger partial charge in [0.15, 0.2) is 25.2 Å².